The number of Topliss-reactive ketones (excluding diaryl/α,β-unsaturated/α-hetero) is 1. The molecule has 0 N–H and O–H groups in total. The molecular formula is C28H34O. The van der Waals surface area contributed by atoms with Crippen molar-refractivity contribution in [2.24, 2.45) is 11.3 Å². The fourth-order valence-corrected chi connectivity index (χ4v) is 3.96. The summed E-state index contributed by atoms with van der Waals surface area (Å²) in [6.45, 7) is 11.2. The Morgan fingerprint density at radius 1 is 0.759 bits per heavy atom. The molecule has 0 atom stereocenters. The van der Waals surface area contributed by atoms with Crippen molar-refractivity contribution >= 4 is 17.9 Å². The number of rotatable bonds is 4. The van der Waals surface area contributed by atoms with Gasteiger partial charge in [0.25, 0.3) is 0 Å². The van der Waals surface area contributed by atoms with Gasteiger partial charge in [-0.15, -0.1) is 0 Å². The third-order valence-electron chi connectivity index (χ3n) is 6.20. The van der Waals surface area contributed by atoms with Gasteiger partial charge in [-0.2, -0.15) is 0 Å². The van der Waals surface area contributed by atoms with E-state index in [1.807, 2.05) is 0 Å². The zero-order chi connectivity index (χ0) is 21.0. The van der Waals surface area contributed by atoms with Gasteiger partial charge in [0.1, 0.15) is 0 Å². The van der Waals surface area contributed by atoms with Crippen molar-refractivity contribution in [2.75, 3.05) is 0 Å². The second-order valence-corrected chi connectivity index (χ2v) is 9.33. The van der Waals surface area contributed by atoms with Crippen molar-refractivity contribution in [1.82, 2.24) is 0 Å². The van der Waals surface area contributed by atoms with Crippen LogP contribution in [0.25, 0.3) is 12.2 Å². The standard InChI is InChI=1S/C28H34O/c1-6-20-8-12-22(13-9-20)16-24-18-26(28(3,4)5)19-25(27(24)29)17-23-14-10-21(7-2)11-15-23/h8-17,26H,6-7,18-19H2,1-5H3. The van der Waals surface area contributed by atoms with E-state index in [4.69, 9.17) is 0 Å². The van der Waals surface area contributed by atoms with E-state index in [0.29, 0.717) is 5.92 Å². The van der Waals surface area contributed by atoms with E-state index in [1.54, 1.807) is 0 Å². The molecule has 29 heavy (non-hydrogen) atoms. The van der Waals surface area contributed by atoms with E-state index in [1.165, 1.54) is 11.1 Å². The number of allylic oxidation sites excluding steroid dienone is 2. The fraction of sp³-hybridized carbons (Fsp3) is 0.393. The minimum Gasteiger partial charge on any atom is -0.289 e. The summed E-state index contributed by atoms with van der Waals surface area (Å²) in [5.41, 5.74) is 6.93. The van der Waals surface area contributed by atoms with Crippen molar-refractivity contribution in [2.45, 2.75) is 60.3 Å². The molecule has 0 aliphatic heterocycles. The first-order chi connectivity index (χ1) is 13.8. The number of hydrogen-bond acceptors (Lipinski definition) is 1. The molecule has 0 heterocycles. The Kier molecular flexibility index (Phi) is 6.57. The second kappa shape index (κ2) is 8.95. The molecule has 2 aromatic rings. The lowest BCUT2D eigenvalue weighted by molar-refractivity contribution is -0.113. The molecule has 1 saturated carbocycles. The average Bonchev–Trinajstić information content (AvgIpc) is 2.71. The molecule has 0 unspecified atom stereocenters. The summed E-state index contributed by atoms with van der Waals surface area (Å²) in [6, 6.07) is 17.2. The molecule has 0 saturated heterocycles. The van der Waals surface area contributed by atoms with Gasteiger partial charge in [-0.05, 0) is 71.4 Å². The zero-order valence-electron chi connectivity index (χ0n) is 18.6. The van der Waals surface area contributed by atoms with Crippen LogP contribution in [0.4, 0.5) is 0 Å². The van der Waals surface area contributed by atoms with Gasteiger partial charge >= 0.3 is 0 Å². The maximum Gasteiger partial charge on any atom is 0.185 e. The van der Waals surface area contributed by atoms with Crippen molar-refractivity contribution in [3.8, 4) is 0 Å². The minimum absolute atomic E-state index is 0.164. The number of carbonyl (C=O) groups excluding carboxylic acids is 1. The van der Waals surface area contributed by atoms with Crippen molar-refractivity contribution in [3.05, 3.63) is 81.9 Å². The molecule has 0 amide bonds. The lowest BCUT2D eigenvalue weighted by atomic mass is 9.68. The first-order valence-corrected chi connectivity index (χ1v) is 10.9. The van der Waals surface area contributed by atoms with Crippen molar-refractivity contribution < 1.29 is 4.79 Å². The first-order valence-electron chi connectivity index (χ1n) is 10.9. The van der Waals surface area contributed by atoms with Crippen LogP contribution in [-0.2, 0) is 17.6 Å². The highest BCUT2D eigenvalue weighted by Crippen LogP contribution is 2.42. The van der Waals surface area contributed by atoms with E-state index in [9.17, 15) is 4.79 Å². The summed E-state index contributed by atoms with van der Waals surface area (Å²) in [6.07, 6.45) is 7.98. The van der Waals surface area contributed by atoms with Crippen LogP contribution in [0.1, 0.15) is 69.7 Å². The van der Waals surface area contributed by atoms with E-state index in [-0.39, 0.29) is 11.2 Å². The Morgan fingerprint density at radius 2 is 1.14 bits per heavy atom. The number of carbonyl (C=O) groups is 1. The molecule has 0 spiro atoms. The Morgan fingerprint density at radius 3 is 1.45 bits per heavy atom. The van der Waals surface area contributed by atoms with Crippen molar-refractivity contribution in [3.63, 3.8) is 0 Å². The molecule has 1 aliphatic carbocycles. The predicted octanol–water partition coefficient (Wildman–Crippen LogP) is 7.30. The Balaban J connectivity index is 1.96. The van der Waals surface area contributed by atoms with E-state index >= 15 is 0 Å². The van der Waals surface area contributed by atoms with Gasteiger partial charge < -0.3 is 0 Å². The first kappa shape index (κ1) is 21.3. The summed E-state index contributed by atoms with van der Waals surface area (Å²) in [4.78, 5) is 13.3. The third-order valence-corrected chi connectivity index (χ3v) is 6.20. The van der Waals surface area contributed by atoms with Gasteiger partial charge in [0.05, 0.1) is 0 Å². The van der Waals surface area contributed by atoms with Crippen LogP contribution < -0.4 is 0 Å². The van der Waals surface area contributed by atoms with Crippen LogP contribution in [-0.4, -0.2) is 5.78 Å². The molecule has 1 aliphatic rings. The summed E-state index contributed by atoms with van der Waals surface area (Å²) in [5.74, 6) is 0.673. The molecule has 1 nitrogen and oxygen atoms in total. The lowest BCUT2D eigenvalue weighted by Gasteiger charge is -2.35. The topological polar surface area (TPSA) is 17.1 Å². The molecule has 0 radical (unpaired) electrons. The van der Waals surface area contributed by atoms with Crippen LogP contribution in [0.15, 0.2) is 59.7 Å². The Bertz CT molecular complexity index is 833. The quantitative estimate of drug-likeness (QED) is 0.504. The minimum atomic E-state index is 0.164. The lowest BCUT2D eigenvalue weighted by Crippen LogP contribution is -2.29. The molecule has 152 valence electrons. The number of hydrogen-bond donors (Lipinski definition) is 0. The average molecular weight is 387 g/mol. The van der Waals surface area contributed by atoms with Crippen LogP contribution in [0.3, 0.4) is 0 Å². The molecular weight excluding hydrogens is 352 g/mol. The van der Waals surface area contributed by atoms with Crippen LogP contribution in [0.5, 0.6) is 0 Å². The van der Waals surface area contributed by atoms with E-state index < -0.39 is 0 Å². The fourth-order valence-electron chi connectivity index (χ4n) is 3.96. The van der Waals surface area contributed by atoms with Gasteiger partial charge in [0, 0.05) is 11.1 Å². The number of benzene rings is 2. The normalized spacial score (nSPS) is 20.4. The molecule has 3 rings (SSSR count). The molecule has 1 fully saturated rings. The molecule has 2 aromatic carbocycles. The van der Waals surface area contributed by atoms with Gasteiger partial charge in [-0.3, -0.25) is 4.79 Å². The molecule has 1 heteroatoms. The van der Waals surface area contributed by atoms with Gasteiger partial charge in [-0.1, -0.05) is 83.1 Å². The molecule has 0 aromatic heterocycles. The summed E-state index contributed by atoms with van der Waals surface area (Å²) in [5, 5.41) is 0. The molecule has 0 bridgehead atoms. The highest BCUT2D eigenvalue weighted by Gasteiger charge is 2.34. The van der Waals surface area contributed by atoms with E-state index in [2.05, 4.69) is 95.3 Å². The van der Waals surface area contributed by atoms with Gasteiger partial charge in [-0.25, -0.2) is 0 Å². The Hall–Kier alpha value is -2.41. The second-order valence-electron chi connectivity index (χ2n) is 9.33. The maximum atomic E-state index is 13.3. The van der Waals surface area contributed by atoms with Crippen LogP contribution >= 0.6 is 0 Å². The Labute approximate surface area is 176 Å². The van der Waals surface area contributed by atoms with E-state index in [0.717, 1.165) is 48.0 Å². The van der Waals surface area contributed by atoms with Crippen molar-refractivity contribution in [1.29, 1.82) is 0 Å². The monoisotopic (exact) mass is 386 g/mol. The summed E-state index contributed by atoms with van der Waals surface area (Å²) >= 11 is 0. The number of ketones is 1. The largest absolute Gasteiger partial charge is 0.289 e. The van der Waals surface area contributed by atoms with Gasteiger partial charge in [0.15, 0.2) is 5.78 Å². The highest BCUT2D eigenvalue weighted by atomic mass is 16.1. The summed E-state index contributed by atoms with van der Waals surface area (Å²) < 4.78 is 0. The summed E-state index contributed by atoms with van der Waals surface area (Å²) in [7, 11) is 0. The smallest absolute Gasteiger partial charge is 0.185 e. The van der Waals surface area contributed by atoms with Crippen LogP contribution in [0.2, 0.25) is 0 Å². The SMILES string of the molecule is CCc1ccc(C=C2CC(C(C)(C)C)CC(=Cc3ccc(CC)cc3)C2=O)cc1. The third kappa shape index (κ3) is 5.35. The highest BCUT2D eigenvalue weighted by molar-refractivity contribution is 6.14. The predicted molar refractivity (Wildman–Crippen MR) is 125 cm³/mol. The number of aryl methyl sites for hydroxylation is 2. The zero-order valence-corrected chi connectivity index (χ0v) is 18.6. The van der Waals surface area contributed by atoms with Crippen LogP contribution in [0, 0.1) is 11.3 Å². The maximum absolute atomic E-state index is 13.3. The van der Waals surface area contributed by atoms with Gasteiger partial charge in [0.2, 0.25) is 0 Å².